The van der Waals surface area contributed by atoms with Crippen molar-refractivity contribution in [2.24, 2.45) is 0 Å². The van der Waals surface area contributed by atoms with Gasteiger partial charge in [-0.15, -0.1) is 0 Å². The Hall–Kier alpha value is -1.29. The largest absolute Gasteiger partial charge is 0.454 e. The predicted molar refractivity (Wildman–Crippen MR) is 43.3 cm³/mol. The molecule has 0 saturated carbocycles. The van der Waals surface area contributed by atoms with Crippen LogP contribution < -0.4 is 9.47 Å². The van der Waals surface area contributed by atoms with E-state index in [4.69, 9.17) is 14.6 Å². The molecule has 0 saturated heterocycles. The molecule has 1 aliphatic rings. The van der Waals surface area contributed by atoms with Gasteiger partial charge in [-0.2, -0.15) is 0 Å². The number of hydrogen-bond acceptors (Lipinski definition) is 3. The highest BCUT2D eigenvalue weighted by molar-refractivity contribution is 5.48. The third kappa shape index (κ3) is 1.33. The van der Waals surface area contributed by atoms with Crippen molar-refractivity contribution in [2.45, 2.75) is 6.42 Å². The molecule has 13 heavy (non-hydrogen) atoms. The minimum absolute atomic E-state index is 0.100. The Balaban J connectivity index is 2.45. The van der Waals surface area contributed by atoms with E-state index in [-0.39, 0.29) is 25.6 Å². The molecule has 0 radical (unpaired) electrons. The van der Waals surface area contributed by atoms with E-state index in [0.29, 0.717) is 17.1 Å². The average Bonchev–Trinajstić information content (AvgIpc) is 2.58. The van der Waals surface area contributed by atoms with Crippen molar-refractivity contribution < 1.29 is 19.0 Å². The lowest BCUT2D eigenvalue weighted by molar-refractivity contribution is 0.172. The summed E-state index contributed by atoms with van der Waals surface area (Å²) in [7, 11) is 0. The maximum atomic E-state index is 13.2. The molecule has 3 nitrogen and oxygen atoms in total. The summed E-state index contributed by atoms with van der Waals surface area (Å²) in [6, 6.07) is 2.84. The molecule has 0 aliphatic carbocycles. The number of ether oxygens (including phenoxy) is 2. The van der Waals surface area contributed by atoms with Crippen molar-refractivity contribution in [1.82, 2.24) is 0 Å². The van der Waals surface area contributed by atoms with Crippen LogP contribution in [-0.2, 0) is 6.42 Å². The van der Waals surface area contributed by atoms with Crippen molar-refractivity contribution >= 4 is 0 Å². The smallest absolute Gasteiger partial charge is 0.231 e. The van der Waals surface area contributed by atoms with Crippen LogP contribution in [-0.4, -0.2) is 18.5 Å². The SMILES string of the molecule is OCCc1c(F)ccc2c1OCO2. The first-order valence-electron chi connectivity index (χ1n) is 4.01. The first kappa shape index (κ1) is 8.31. The summed E-state index contributed by atoms with van der Waals surface area (Å²) in [4.78, 5) is 0. The number of fused-ring (bicyclic) bond motifs is 1. The number of aliphatic hydroxyl groups is 1. The van der Waals surface area contributed by atoms with E-state index < -0.39 is 0 Å². The highest BCUT2D eigenvalue weighted by Gasteiger charge is 2.20. The zero-order valence-corrected chi connectivity index (χ0v) is 6.92. The fraction of sp³-hybridized carbons (Fsp3) is 0.333. The summed E-state index contributed by atoms with van der Waals surface area (Å²) in [5.74, 6) is 0.609. The van der Waals surface area contributed by atoms with Crippen LogP contribution in [0.4, 0.5) is 4.39 Å². The third-order valence-corrected chi connectivity index (χ3v) is 1.95. The molecule has 1 aliphatic heterocycles. The Labute approximate surface area is 74.7 Å². The number of benzene rings is 1. The molecule has 0 spiro atoms. The summed E-state index contributed by atoms with van der Waals surface area (Å²) in [6.07, 6.45) is 0.248. The summed E-state index contributed by atoms with van der Waals surface area (Å²) < 4.78 is 23.3. The van der Waals surface area contributed by atoms with Gasteiger partial charge in [0.15, 0.2) is 11.5 Å². The Morgan fingerprint density at radius 1 is 1.38 bits per heavy atom. The van der Waals surface area contributed by atoms with E-state index >= 15 is 0 Å². The minimum atomic E-state index is -0.363. The third-order valence-electron chi connectivity index (χ3n) is 1.95. The van der Waals surface area contributed by atoms with Crippen LogP contribution in [0, 0.1) is 5.82 Å². The minimum Gasteiger partial charge on any atom is -0.454 e. The molecular weight excluding hydrogens is 175 g/mol. The van der Waals surface area contributed by atoms with E-state index in [2.05, 4.69) is 0 Å². The zero-order chi connectivity index (χ0) is 9.26. The summed E-state index contributed by atoms with van der Waals surface area (Å²) in [6.45, 7) is 0.0218. The van der Waals surface area contributed by atoms with Crippen molar-refractivity contribution in [3.05, 3.63) is 23.5 Å². The van der Waals surface area contributed by atoms with Gasteiger partial charge in [0.1, 0.15) is 5.82 Å². The molecule has 0 fully saturated rings. The second-order valence-corrected chi connectivity index (χ2v) is 2.73. The molecule has 0 atom stereocenters. The van der Waals surface area contributed by atoms with Crippen LogP contribution >= 0.6 is 0 Å². The summed E-state index contributed by atoms with van der Waals surface area (Å²) in [5.41, 5.74) is 0.387. The van der Waals surface area contributed by atoms with Crippen LogP contribution in [0.2, 0.25) is 0 Å². The van der Waals surface area contributed by atoms with Gasteiger partial charge in [0.2, 0.25) is 6.79 Å². The lowest BCUT2D eigenvalue weighted by Gasteiger charge is -2.04. The Kier molecular flexibility index (Phi) is 2.06. The van der Waals surface area contributed by atoms with Crippen LogP contribution in [0.15, 0.2) is 12.1 Å². The highest BCUT2D eigenvalue weighted by Crippen LogP contribution is 2.36. The van der Waals surface area contributed by atoms with Gasteiger partial charge in [-0.05, 0) is 12.1 Å². The van der Waals surface area contributed by atoms with Crippen LogP contribution in [0.25, 0.3) is 0 Å². The standard InChI is InChI=1S/C9H9FO3/c10-7-1-2-8-9(13-5-12-8)6(7)3-4-11/h1-2,11H,3-5H2. The molecule has 1 heterocycles. The van der Waals surface area contributed by atoms with Crippen molar-refractivity contribution in [3.63, 3.8) is 0 Å². The second kappa shape index (κ2) is 3.22. The van der Waals surface area contributed by atoms with Crippen molar-refractivity contribution in [1.29, 1.82) is 0 Å². The molecule has 0 amide bonds. The lowest BCUT2D eigenvalue weighted by Crippen LogP contribution is -1.98. The number of rotatable bonds is 2. The van der Waals surface area contributed by atoms with Gasteiger partial charge in [0.05, 0.1) is 0 Å². The first-order chi connectivity index (χ1) is 6.33. The molecule has 0 unspecified atom stereocenters. The van der Waals surface area contributed by atoms with E-state index in [1.54, 1.807) is 0 Å². The quantitative estimate of drug-likeness (QED) is 0.747. The number of hydrogen-bond donors (Lipinski definition) is 1. The van der Waals surface area contributed by atoms with Crippen molar-refractivity contribution in [2.75, 3.05) is 13.4 Å². The van der Waals surface area contributed by atoms with Gasteiger partial charge in [-0.3, -0.25) is 0 Å². The molecule has 2 rings (SSSR count). The average molecular weight is 184 g/mol. The molecule has 0 aromatic heterocycles. The van der Waals surface area contributed by atoms with Gasteiger partial charge in [0.25, 0.3) is 0 Å². The fourth-order valence-electron chi connectivity index (χ4n) is 1.35. The molecule has 70 valence electrons. The molecule has 1 aromatic rings. The fourth-order valence-corrected chi connectivity index (χ4v) is 1.35. The normalized spacial score (nSPS) is 13.4. The molecule has 1 aromatic carbocycles. The molecule has 4 heteroatoms. The van der Waals surface area contributed by atoms with Crippen LogP contribution in [0.5, 0.6) is 11.5 Å². The molecule has 1 N–H and O–H groups in total. The van der Waals surface area contributed by atoms with Gasteiger partial charge in [-0.1, -0.05) is 0 Å². The Morgan fingerprint density at radius 2 is 2.23 bits per heavy atom. The predicted octanol–water partition coefficient (Wildman–Crippen LogP) is 1.09. The van der Waals surface area contributed by atoms with Crippen molar-refractivity contribution in [3.8, 4) is 11.5 Å². The van der Waals surface area contributed by atoms with E-state index in [9.17, 15) is 4.39 Å². The Bertz CT molecular complexity index is 325. The Morgan fingerprint density at radius 3 is 3.00 bits per heavy atom. The van der Waals surface area contributed by atoms with E-state index in [0.717, 1.165) is 0 Å². The van der Waals surface area contributed by atoms with Gasteiger partial charge in [0, 0.05) is 18.6 Å². The molecular formula is C9H9FO3. The highest BCUT2D eigenvalue weighted by atomic mass is 19.1. The molecule has 0 bridgehead atoms. The lowest BCUT2D eigenvalue weighted by atomic mass is 10.1. The van der Waals surface area contributed by atoms with E-state index in [1.165, 1.54) is 12.1 Å². The number of halogens is 1. The van der Waals surface area contributed by atoms with Gasteiger partial charge >= 0.3 is 0 Å². The van der Waals surface area contributed by atoms with Crippen LogP contribution in [0.3, 0.4) is 0 Å². The first-order valence-corrected chi connectivity index (χ1v) is 4.01. The van der Waals surface area contributed by atoms with Gasteiger partial charge < -0.3 is 14.6 Å². The maximum Gasteiger partial charge on any atom is 0.231 e. The number of aliphatic hydroxyl groups excluding tert-OH is 1. The monoisotopic (exact) mass is 184 g/mol. The maximum absolute atomic E-state index is 13.2. The summed E-state index contributed by atoms with van der Waals surface area (Å²) in [5, 5.41) is 8.71. The van der Waals surface area contributed by atoms with E-state index in [1.807, 2.05) is 0 Å². The topological polar surface area (TPSA) is 38.7 Å². The second-order valence-electron chi connectivity index (χ2n) is 2.73. The summed E-state index contributed by atoms with van der Waals surface area (Å²) >= 11 is 0. The zero-order valence-electron chi connectivity index (χ0n) is 6.92. The van der Waals surface area contributed by atoms with Gasteiger partial charge in [-0.25, -0.2) is 4.39 Å². The van der Waals surface area contributed by atoms with Crippen LogP contribution in [0.1, 0.15) is 5.56 Å².